The van der Waals surface area contributed by atoms with Crippen LogP contribution in [0.2, 0.25) is 0 Å². The summed E-state index contributed by atoms with van der Waals surface area (Å²) in [4.78, 5) is 62.3. The quantitative estimate of drug-likeness (QED) is 0.104. The van der Waals surface area contributed by atoms with E-state index in [1.165, 1.54) is 27.3 Å². The van der Waals surface area contributed by atoms with Gasteiger partial charge in [-0.3, -0.25) is 33.6 Å². The van der Waals surface area contributed by atoms with E-state index in [9.17, 15) is 42.6 Å². The summed E-state index contributed by atoms with van der Waals surface area (Å²) in [5.41, 5.74) is 1.66. The molecule has 0 aliphatic carbocycles. The highest BCUT2D eigenvalue weighted by Gasteiger charge is 2.38. The first-order chi connectivity index (χ1) is 24.7. The molecule has 0 spiro atoms. The van der Waals surface area contributed by atoms with Crippen LogP contribution in [0.4, 0.5) is 15.8 Å². The number of alkyl halides is 1. The summed E-state index contributed by atoms with van der Waals surface area (Å²) in [6.45, 7) is 0.329. The first-order valence-corrected chi connectivity index (χ1v) is 20.0. The number of aromatic nitrogens is 2. The normalized spacial score (nSPS) is 21.0. The number of nitrogens with one attached hydrogen (secondary N) is 3. The smallest absolute Gasteiger partial charge is 0.329 e. The fourth-order valence-electron chi connectivity index (χ4n) is 6.99. The number of nitrogens with zero attached hydrogens (tertiary/aromatic N) is 4. The number of amides is 4. The number of phenolic OH excluding ortho intramolecular Hbond substituents is 1. The van der Waals surface area contributed by atoms with Gasteiger partial charge in [0.2, 0.25) is 38.8 Å². The van der Waals surface area contributed by atoms with Gasteiger partial charge in [0.15, 0.2) is 9.74 Å². The van der Waals surface area contributed by atoms with Gasteiger partial charge in [0.25, 0.3) is 5.91 Å². The van der Waals surface area contributed by atoms with Crippen LogP contribution in [-0.2, 0) is 36.4 Å². The summed E-state index contributed by atoms with van der Waals surface area (Å²) in [6, 6.07) is 10.3. The molecule has 3 fully saturated rings. The SMILES string of the molecule is Cn1c(=O)n(C2CCC(=O)NC2=O)c2ccc(C3CC[N+](=I[C@H](CO)C(=O)Nc4ccc5c(F)c(N6CC(=O)NS6(=O)=O)c(O)cc5c4)CC3)cc21. The molecule has 3 saturated heterocycles. The average molecular weight is 851 g/mol. The summed E-state index contributed by atoms with van der Waals surface area (Å²) >= 11 is -0.946. The van der Waals surface area contributed by atoms with Crippen LogP contribution in [0.5, 0.6) is 5.75 Å². The van der Waals surface area contributed by atoms with Crippen molar-refractivity contribution in [2.24, 2.45) is 7.05 Å². The molecule has 2 atom stereocenters. The molecule has 4 aromatic rings. The zero-order valence-corrected chi connectivity index (χ0v) is 30.6. The number of rotatable bonds is 7. The maximum atomic E-state index is 15.5. The van der Waals surface area contributed by atoms with E-state index in [1.54, 1.807) is 11.8 Å². The van der Waals surface area contributed by atoms with Gasteiger partial charge in [0.05, 0.1) is 17.6 Å². The Labute approximate surface area is 305 Å². The third kappa shape index (κ3) is 6.44. The molecule has 7 rings (SSSR count). The molecule has 1 unspecified atom stereocenters. The molecular formula is C33H34FIN7O9S+. The number of halogens is 2. The van der Waals surface area contributed by atoms with Crippen LogP contribution in [0, 0.1) is 5.82 Å². The standard InChI is InChI=1S/C33H33FIN7O9S/c1-39-25-13-18(2-5-23(25)42(33(39)49)24-6-7-27(45)37-32(24)48)17-8-10-40(11-9-17)35-22(16-43)31(47)36-20-3-4-21-19(12-20)14-26(44)30(29(21)34)41-15-28(46)38-52(41,50)51/h2-5,12-14,17,22,24,43H,6-11,15-16H2,1H3,(H3-,36,37,38,44,45,46,47,48)/p+1/t22-,24?/m1/s1. The molecule has 3 aromatic carbocycles. The van der Waals surface area contributed by atoms with Gasteiger partial charge in [0, 0.05) is 37.4 Å². The van der Waals surface area contributed by atoms with Crippen molar-refractivity contribution in [3.8, 4) is 5.75 Å². The van der Waals surface area contributed by atoms with Crippen LogP contribution in [0.3, 0.4) is 0 Å². The highest BCUT2D eigenvalue weighted by Crippen LogP contribution is 2.39. The van der Waals surface area contributed by atoms with Gasteiger partial charge >= 0.3 is 15.9 Å². The number of hydrogen-bond acceptors (Lipinski definition) is 9. The number of benzene rings is 3. The predicted molar refractivity (Wildman–Crippen MR) is 194 cm³/mol. The Morgan fingerprint density at radius 2 is 1.81 bits per heavy atom. The number of aliphatic hydroxyl groups excluding tert-OH is 1. The molecule has 52 heavy (non-hydrogen) atoms. The van der Waals surface area contributed by atoms with Crippen LogP contribution < -0.4 is 25.4 Å². The lowest BCUT2D eigenvalue weighted by molar-refractivity contribution is -0.488. The number of carbonyl (C=O) groups excluding carboxylic acids is 4. The van der Waals surface area contributed by atoms with E-state index in [2.05, 4.69) is 13.4 Å². The lowest BCUT2D eigenvalue weighted by Gasteiger charge is -2.23. The van der Waals surface area contributed by atoms with Crippen molar-refractivity contribution in [1.29, 1.82) is 0 Å². The first-order valence-electron chi connectivity index (χ1n) is 16.4. The van der Waals surface area contributed by atoms with E-state index < -0.39 is 82.7 Å². The summed E-state index contributed by atoms with van der Waals surface area (Å²) in [5, 5.41) is 25.9. The number of imidazole rings is 1. The Kier molecular flexibility index (Phi) is 9.36. The maximum Gasteiger partial charge on any atom is 0.329 e. The van der Waals surface area contributed by atoms with Gasteiger partial charge in [-0.15, -0.1) is 0 Å². The minimum Gasteiger partial charge on any atom is -0.506 e. The molecule has 5 N–H and O–H groups in total. The van der Waals surface area contributed by atoms with Gasteiger partial charge in [-0.2, -0.15) is 8.42 Å². The van der Waals surface area contributed by atoms with E-state index in [0.717, 1.165) is 24.5 Å². The maximum absolute atomic E-state index is 15.5. The van der Waals surface area contributed by atoms with E-state index in [-0.39, 0.29) is 53.4 Å². The fourth-order valence-corrected chi connectivity index (χ4v) is 10.8. The molecule has 3 aliphatic heterocycles. The number of piperidine rings is 2. The van der Waals surface area contributed by atoms with Crippen molar-refractivity contribution >= 4 is 88.1 Å². The topological polar surface area (TPSA) is 212 Å². The number of fused-ring (bicyclic) bond motifs is 2. The van der Waals surface area contributed by atoms with Gasteiger partial charge in [-0.1, -0.05) is 6.07 Å². The van der Waals surface area contributed by atoms with Crippen molar-refractivity contribution in [2.45, 2.75) is 41.6 Å². The predicted octanol–water partition coefficient (Wildman–Crippen LogP) is 1.54. The van der Waals surface area contributed by atoms with E-state index in [0.29, 0.717) is 28.4 Å². The second-order valence-electron chi connectivity index (χ2n) is 12.9. The van der Waals surface area contributed by atoms with Gasteiger partial charge < -0.3 is 15.5 Å². The molecule has 4 heterocycles. The highest BCUT2D eigenvalue weighted by atomic mass is 127. The van der Waals surface area contributed by atoms with Crippen molar-refractivity contribution < 1.29 is 44.9 Å². The molecule has 4 amide bonds. The number of hydrogen-bond donors (Lipinski definition) is 5. The lowest BCUT2D eigenvalue weighted by Crippen LogP contribution is -2.44. The number of aromatic hydroxyl groups is 1. The van der Waals surface area contributed by atoms with Crippen molar-refractivity contribution in [3.05, 3.63) is 64.3 Å². The monoisotopic (exact) mass is 850 g/mol. The summed E-state index contributed by atoms with van der Waals surface area (Å²) in [7, 11) is -2.71. The highest BCUT2D eigenvalue weighted by molar-refractivity contribution is 14.1. The number of aryl methyl sites for hydroxylation is 1. The minimum absolute atomic E-state index is 0.0393. The molecule has 0 saturated carbocycles. The molecule has 19 heteroatoms. The van der Waals surface area contributed by atoms with Crippen LogP contribution in [0.15, 0.2) is 47.3 Å². The minimum atomic E-state index is -4.37. The number of aliphatic hydroxyl groups is 1. The van der Waals surface area contributed by atoms with Gasteiger partial charge in [-0.25, -0.2) is 20.9 Å². The summed E-state index contributed by atoms with van der Waals surface area (Å²) in [5.74, 6) is -3.68. The van der Waals surface area contributed by atoms with E-state index in [1.807, 2.05) is 18.2 Å². The van der Waals surface area contributed by atoms with Crippen LogP contribution in [0.1, 0.15) is 43.2 Å². The number of phenols is 1. The molecule has 3 aliphatic rings. The molecule has 16 nitrogen and oxygen atoms in total. The molecule has 0 radical (unpaired) electrons. The Morgan fingerprint density at radius 3 is 2.48 bits per heavy atom. The zero-order chi connectivity index (χ0) is 37.1. The molecule has 274 valence electrons. The lowest BCUT2D eigenvalue weighted by atomic mass is 9.90. The number of carbonyl (C=O) groups is 4. The Balaban J connectivity index is 1.03. The van der Waals surface area contributed by atoms with Crippen LogP contribution >= 0.6 is 21.0 Å². The zero-order valence-electron chi connectivity index (χ0n) is 27.6. The Hall–Kier alpha value is -4.76. The number of imide groups is 1. The van der Waals surface area contributed by atoms with Crippen molar-refractivity contribution in [3.63, 3.8) is 0 Å². The largest absolute Gasteiger partial charge is 0.506 e. The fraction of sp³-hybridized carbons (Fsp3) is 0.364. The summed E-state index contributed by atoms with van der Waals surface area (Å²) < 4.78 is 46.6. The van der Waals surface area contributed by atoms with E-state index >= 15 is 4.39 Å². The third-order valence-electron chi connectivity index (χ3n) is 9.62. The van der Waals surface area contributed by atoms with Crippen molar-refractivity contribution in [2.75, 3.05) is 35.9 Å². The molecule has 0 bridgehead atoms. The Bertz CT molecular complexity index is 2400. The average Bonchev–Trinajstić information content (AvgIpc) is 3.52. The number of anilines is 2. The second-order valence-corrected chi connectivity index (χ2v) is 17.9. The van der Waals surface area contributed by atoms with Crippen LogP contribution in [0.25, 0.3) is 21.8 Å². The molecular weight excluding hydrogens is 816 g/mol. The van der Waals surface area contributed by atoms with E-state index in [4.69, 9.17) is 0 Å². The molecule has 1 aromatic heterocycles. The second kappa shape index (κ2) is 13.7. The summed E-state index contributed by atoms with van der Waals surface area (Å²) in [6.07, 6.45) is 1.99. The van der Waals surface area contributed by atoms with Crippen LogP contribution in [-0.4, -0.2) is 84.3 Å². The van der Waals surface area contributed by atoms with Crippen molar-refractivity contribution in [1.82, 2.24) is 19.2 Å². The van der Waals surface area contributed by atoms with Gasteiger partial charge in [0.1, 0.15) is 37.1 Å². The third-order valence-corrected chi connectivity index (χ3v) is 14.4. The van der Waals surface area contributed by atoms with Gasteiger partial charge in [-0.05, 0) is 59.7 Å². The first kappa shape index (κ1) is 35.6. The Morgan fingerprint density at radius 1 is 1.06 bits per heavy atom.